The molecule has 1 saturated heterocycles. The van der Waals surface area contributed by atoms with Crippen LogP contribution < -0.4 is 0 Å². The molecule has 0 unspecified atom stereocenters. The van der Waals surface area contributed by atoms with Crippen molar-refractivity contribution in [2.24, 2.45) is 0 Å². The number of amides is 1. The molecule has 1 aromatic heterocycles. The molecule has 2 rings (SSSR count). The highest BCUT2D eigenvalue weighted by atomic mass is 79.9. The van der Waals surface area contributed by atoms with Crippen LogP contribution in [-0.2, 0) is 4.79 Å². The van der Waals surface area contributed by atoms with Crippen molar-refractivity contribution in [1.82, 2.24) is 9.88 Å². The normalized spacial score (nSPS) is 19.4. The van der Waals surface area contributed by atoms with Crippen LogP contribution in [0.15, 0.2) is 22.9 Å². The van der Waals surface area contributed by atoms with Crippen LogP contribution in [-0.4, -0.2) is 44.5 Å². The standard InChI is InChI=1S/C10H9BrN2O3S/c11-8-6(2-1-3-12-8)9(14)13-5-17-4-7(13)10(15)16/h1-3,7H,4-5H2,(H,15,16)/t7-/m0/s1. The Bertz CT molecular complexity index is 469. The Kier molecular flexibility index (Phi) is 3.68. The smallest absolute Gasteiger partial charge is 0.327 e. The summed E-state index contributed by atoms with van der Waals surface area (Å²) < 4.78 is 0.436. The average Bonchev–Trinajstić information content (AvgIpc) is 2.77. The van der Waals surface area contributed by atoms with E-state index in [1.54, 1.807) is 18.3 Å². The molecule has 2 heterocycles. The average molecular weight is 317 g/mol. The molecule has 90 valence electrons. The fourth-order valence-corrected chi connectivity index (χ4v) is 3.11. The molecule has 1 fully saturated rings. The van der Waals surface area contributed by atoms with Crippen molar-refractivity contribution in [3.63, 3.8) is 0 Å². The number of hydrogen-bond donors (Lipinski definition) is 1. The van der Waals surface area contributed by atoms with E-state index < -0.39 is 12.0 Å². The molecule has 1 aliphatic rings. The second-order valence-corrected chi connectivity index (χ2v) is 5.22. The molecule has 0 radical (unpaired) electrons. The first kappa shape index (κ1) is 12.4. The van der Waals surface area contributed by atoms with Gasteiger partial charge in [0.2, 0.25) is 0 Å². The van der Waals surface area contributed by atoms with E-state index in [0.29, 0.717) is 21.8 Å². The Hall–Kier alpha value is -1.08. The van der Waals surface area contributed by atoms with Gasteiger partial charge < -0.3 is 10.0 Å². The number of hydrogen-bond acceptors (Lipinski definition) is 4. The van der Waals surface area contributed by atoms with Crippen molar-refractivity contribution in [2.75, 3.05) is 11.6 Å². The summed E-state index contributed by atoms with van der Waals surface area (Å²) in [5.74, 6) is -0.443. The molecule has 0 spiro atoms. The Morgan fingerprint density at radius 1 is 1.59 bits per heavy atom. The Morgan fingerprint density at radius 3 is 3.00 bits per heavy atom. The summed E-state index contributed by atoms with van der Waals surface area (Å²) in [5, 5.41) is 9.01. The van der Waals surface area contributed by atoms with Crippen molar-refractivity contribution in [3.8, 4) is 0 Å². The van der Waals surface area contributed by atoms with E-state index >= 15 is 0 Å². The van der Waals surface area contributed by atoms with Crippen LogP contribution in [0, 0.1) is 0 Å². The molecule has 17 heavy (non-hydrogen) atoms. The Morgan fingerprint density at radius 2 is 2.35 bits per heavy atom. The second-order valence-electron chi connectivity index (χ2n) is 3.47. The third-order valence-electron chi connectivity index (χ3n) is 2.42. The third-order valence-corrected chi connectivity index (χ3v) is 4.06. The van der Waals surface area contributed by atoms with Gasteiger partial charge >= 0.3 is 5.97 Å². The van der Waals surface area contributed by atoms with Crippen molar-refractivity contribution in [1.29, 1.82) is 0 Å². The molecule has 1 amide bonds. The van der Waals surface area contributed by atoms with E-state index in [1.807, 2.05) is 0 Å². The van der Waals surface area contributed by atoms with Gasteiger partial charge in [0, 0.05) is 11.9 Å². The van der Waals surface area contributed by atoms with Gasteiger partial charge in [-0.05, 0) is 28.1 Å². The van der Waals surface area contributed by atoms with Crippen LogP contribution in [0.25, 0.3) is 0 Å². The molecule has 0 aromatic carbocycles. The number of pyridine rings is 1. The van der Waals surface area contributed by atoms with E-state index in [0.717, 1.165) is 0 Å². The number of carboxylic acid groups (broad SMARTS) is 1. The van der Waals surface area contributed by atoms with Crippen LogP contribution >= 0.6 is 27.7 Å². The number of carboxylic acids is 1. The van der Waals surface area contributed by atoms with Crippen LogP contribution in [0.1, 0.15) is 10.4 Å². The molecular formula is C10H9BrN2O3S. The zero-order valence-electron chi connectivity index (χ0n) is 8.67. The van der Waals surface area contributed by atoms with E-state index in [-0.39, 0.29) is 5.91 Å². The minimum Gasteiger partial charge on any atom is -0.480 e. The molecule has 1 aromatic rings. The molecule has 0 saturated carbocycles. The maximum absolute atomic E-state index is 12.2. The summed E-state index contributed by atoms with van der Waals surface area (Å²) in [6, 6.07) is 2.53. The number of thioether (sulfide) groups is 1. The molecule has 1 atom stereocenters. The molecule has 5 nitrogen and oxygen atoms in total. The fourth-order valence-electron chi connectivity index (χ4n) is 1.55. The first-order chi connectivity index (χ1) is 8.11. The highest BCUT2D eigenvalue weighted by Crippen LogP contribution is 2.25. The van der Waals surface area contributed by atoms with Gasteiger partial charge in [0.15, 0.2) is 0 Å². The van der Waals surface area contributed by atoms with Crippen LogP contribution in [0.5, 0.6) is 0 Å². The van der Waals surface area contributed by atoms with Gasteiger partial charge in [0.25, 0.3) is 5.91 Å². The van der Waals surface area contributed by atoms with Gasteiger partial charge in [-0.15, -0.1) is 11.8 Å². The van der Waals surface area contributed by atoms with Gasteiger partial charge in [-0.2, -0.15) is 0 Å². The lowest BCUT2D eigenvalue weighted by Gasteiger charge is -2.20. The minimum atomic E-state index is -0.969. The lowest BCUT2D eigenvalue weighted by Crippen LogP contribution is -2.41. The SMILES string of the molecule is O=C(O)[C@@H]1CSCN1C(=O)c1cccnc1Br. The highest BCUT2D eigenvalue weighted by Gasteiger charge is 2.35. The minimum absolute atomic E-state index is 0.303. The number of carbonyl (C=O) groups excluding carboxylic acids is 1. The molecule has 0 aliphatic carbocycles. The van der Waals surface area contributed by atoms with Crippen LogP contribution in [0.3, 0.4) is 0 Å². The largest absolute Gasteiger partial charge is 0.480 e. The number of nitrogens with zero attached hydrogens (tertiary/aromatic N) is 2. The molecule has 1 N–H and O–H groups in total. The van der Waals surface area contributed by atoms with E-state index in [2.05, 4.69) is 20.9 Å². The maximum Gasteiger partial charge on any atom is 0.327 e. The third kappa shape index (κ3) is 2.44. The van der Waals surface area contributed by atoms with Crippen molar-refractivity contribution >= 4 is 39.6 Å². The first-order valence-electron chi connectivity index (χ1n) is 4.83. The molecule has 1 aliphatic heterocycles. The number of halogens is 1. The fraction of sp³-hybridized carbons (Fsp3) is 0.300. The number of aromatic nitrogens is 1. The predicted molar refractivity (Wildman–Crippen MR) is 66.9 cm³/mol. The molecule has 7 heteroatoms. The van der Waals surface area contributed by atoms with E-state index in [9.17, 15) is 9.59 Å². The summed E-state index contributed by atoms with van der Waals surface area (Å²) in [5.41, 5.74) is 0.390. The quantitative estimate of drug-likeness (QED) is 0.836. The first-order valence-corrected chi connectivity index (χ1v) is 6.78. The number of carbonyl (C=O) groups is 2. The number of rotatable bonds is 2. The molecular weight excluding hydrogens is 308 g/mol. The zero-order chi connectivity index (χ0) is 12.4. The summed E-state index contributed by atoms with van der Waals surface area (Å²) in [6.45, 7) is 0. The van der Waals surface area contributed by atoms with Gasteiger partial charge in [-0.1, -0.05) is 0 Å². The van der Waals surface area contributed by atoms with Crippen LogP contribution in [0.4, 0.5) is 0 Å². The monoisotopic (exact) mass is 316 g/mol. The van der Waals surface area contributed by atoms with Crippen LogP contribution in [0.2, 0.25) is 0 Å². The van der Waals surface area contributed by atoms with Gasteiger partial charge in [-0.3, -0.25) is 4.79 Å². The van der Waals surface area contributed by atoms with Gasteiger partial charge in [-0.25, -0.2) is 9.78 Å². The van der Waals surface area contributed by atoms with Gasteiger partial charge in [0.1, 0.15) is 10.6 Å². The zero-order valence-corrected chi connectivity index (χ0v) is 11.1. The van der Waals surface area contributed by atoms with E-state index in [4.69, 9.17) is 5.11 Å². The van der Waals surface area contributed by atoms with Gasteiger partial charge in [0.05, 0.1) is 11.4 Å². The molecule has 0 bridgehead atoms. The number of aliphatic carboxylic acids is 1. The van der Waals surface area contributed by atoms with Crippen molar-refractivity contribution in [2.45, 2.75) is 6.04 Å². The summed E-state index contributed by atoms with van der Waals surface area (Å²) in [6.07, 6.45) is 1.56. The summed E-state index contributed by atoms with van der Waals surface area (Å²) in [4.78, 5) is 28.5. The van der Waals surface area contributed by atoms with Crippen molar-refractivity contribution < 1.29 is 14.7 Å². The Balaban J connectivity index is 2.26. The lowest BCUT2D eigenvalue weighted by atomic mass is 10.2. The summed E-state index contributed by atoms with van der Waals surface area (Å²) >= 11 is 4.62. The Labute approximate surface area is 110 Å². The summed E-state index contributed by atoms with van der Waals surface area (Å²) in [7, 11) is 0. The maximum atomic E-state index is 12.2. The second kappa shape index (κ2) is 5.05. The predicted octanol–water partition coefficient (Wildman–Crippen LogP) is 1.44. The van der Waals surface area contributed by atoms with Crippen molar-refractivity contribution in [3.05, 3.63) is 28.5 Å². The topological polar surface area (TPSA) is 70.5 Å². The van der Waals surface area contributed by atoms with E-state index in [1.165, 1.54) is 16.7 Å². The highest BCUT2D eigenvalue weighted by molar-refractivity contribution is 9.10. The lowest BCUT2D eigenvalue weighted by molar-refractivity contribution is -0.140.